The van der Waals surface area contributed by atoms with Gasteiger partial charge in [-0.3, -0.25) is 4.79 Å². The maximum atomic E-state index is 12.4. The molecule has 1 unspecified atom stereocenters. The van der Waals surface area contributed by atoms with Crippen LogP contribution in [0, 0.1) is 13.8 Å². The van der Waals surface area contributed by atoms with Crippen molar-refractivity contribution in [1.82, 2.24) is 0 Å². The second-order valence-electron chi connectivity index (χ2n) is 8.18. The van der Waals surface area contributed by atoms with E-state index in [2.05, 4.69) is 25.2 Å². The zero-order valence-electron chi connectivity index (χ0n) is 17.8. The Kier molecular flexibility index (Phi) is 6.18. The number of carbonyl (C=O) groups excluding carboxylic acids is 1. The first kappa shape index (κ1) is 20.8. The molecule has 0 spiro atoms. The Labute approximate surface area is 171 Å². The molecule has 1 aromatic heterocycles. The zero-order chi connectivity index (χ0) is 21.1. The smallest absolute Gasteiger partial charge is 0.336 e. The van der Waals surface area contributed by atoms with Crippen molar-refractivity contribution in [3.8, 4) is 0 Å². The lowest BCUT2D eigenvalue weighted by atomic mass is 9.95. The van der Waals surface area contributed by atoms with Gasteiger partial charge < -0.3 is 14.6 Å². The molecule has 0 radical (unpaired) electrons. The summed E-state index contributed by atoms with van der Waals surface area (Å²) in [6.07, 6.45) is 0. The van der Waals surface area contributed by atoms with Gasteiger partial charge in [0, 0.05) is 22.7 Å². The summed E-state index contributed by atoms with van der Waals surface area (Å²) in [6.45, 7) is 9.21. The highest BCUT2D eigenvalue weighted by Gasteiger charge is 2.16. The number of benzene rings is 2. The van der Waals surface area contributed by atoms with E-state index in [1.807, 2.05) is 51.2 Å². The van der Waals surface area contributed by atoms with Crippen molar-refractivity contribution in [2.45, 2.75) is 40.2 Å². The van der Waals surface area contributed by atoms with Gasteiger partial charge in [0.15, 0.2) is 6.54 Å². The number of carbonyl (C=O) groups is 1. The molecule has 3 aromatic rings. The van der Waals surface area contributed by atoms with Crippen LogP contribution in [0.5, 0.6) is 0 Å². The van der Waals surface area contributed by atoms with E-state index in [4.69, 9.17) is 4.42 Å². The van der Waals surface area contributed by atoms with Crippen LogP contribution in [0.15, 0.2) is 51.7 Å². The molecule has 1 amide bonds. The first-order valence-corrected chi connectivity index (χ1v) is 9.98. The van der Waals surface area contributed by atoms with Crippen molar-refractivity contribution in [2.24, 2.45) is 0 Å². The van der Waals surface area contributed by atoms with E-state index in [1.165, 1.54) is 5.56 Å². The third-order valence-electron chi connectivity index (χ3n) is 5.13. The molecule has 0 saturated carbocycles. The molecule has 152 valence electrons. The van der Waals surface area contributed by atoms with Crippen LogP contribution in [-0.2, 0) is 11.3 Å². The van der Waals surface area contributed by atoms with Gasteiger partial charge in [0.2, 0.25) is 0 Å². The molecule has 0 saturated heterocycles. The number of hydrogen-bond acceptors (Lipinski definition) is 3. The van der Waals surface area contributed by atoms with Crippen LogP contribution in [-0.4, -0.2) is 19.5 Å². The highest BCUT2D eigenvalue weighted by atomic mass is 16.4. The number of quaternary nitrogens is 1. The average molecular weight is 394 g/mol. The van der Waals surface area contributed by atoms with Crippen molar-refractivity contribution in [3.05, 3.63) is 75.1 Å². The number of amides is 1. The molecule has 5 heteroatoms. The Morgan fingerprint density at radius 3 is 2.45 bits per heavy atom. The Hall–Kier alpha value is -2.92. The molecule has 0 aliphatic rings. The normalized spacial score (nSPS) is 12.3. The van der Waals surface area contributed by atoms with Gasteiger partial charge in [-0.1, -0.05) is 31.5 Å². The minimum atomic E-state index is -0.360. The minimum absolute atomic E-state index is 0.0580. The van der Waals surface area contributed by atoms with Crippen LogP contribution in [0.1, 0.15) is 42.0 Å². The summed E-state index contributed by atoms with van der Waals surface area (Å²) >= 11 is 0. The minimum Gasteiger partial charge on any atom is -0.423 e. The van der Waals surface area contributed by atoms with E-state index in [1.54, 1.807) is 6.07 Å². The molecule has 1 heterocycles. The molecule has 0 aliphatic carbocycles. The lowest BCUT2D eigenvalue weighted by Gasteiger charge is -2.16. The molecule has 0 fully saturated rings. The molecule has 3 rings (SSSR count). The van der Waals surface area contributed by atoms with Gasteiger partial charge in [-0.05, 0) is 55.2 Å². The fraction of sp³-hybridized carbons (Fsp3) is 0.333. The summed E-state index contributed by atoms with van der Waals surface area (Å²) in [7, 11) is 1.95. The van der Waals surface area contributed by atoms with Gasteiger partial charge >= 0.3 is 5.63 Å². The van der Waals surface area contributed by atoms with Gasteiger partial charge in [-0.2, -0.15) is 0 Å². The van der Waals surface area contributed by atoms with E-state index in [0.29, 0.717) is 24.6 Å². The van der Waals surface area contributed by atoms with Crippen LogP contribution < -0.4 is 15.8 Å². The Bertz CT molecular complexity index is 1080. The van der Waals surface area contributed by atoms with E-state index in [0.717, 1.165) is 32.7 Å². The number of fused-ring (bicyclic) bond motifs is 1. The Balaban J connectivity index is 1.79. The standard InChI is InChI=1S/C24H28N2O3/c1-15(2)20-12-21-18(11-24(28)29-22(21)10-17(20)4)13-26(5)14-23(27)25-19-8-6-16(3)7-9-19/h6-12,15H,13-14H2,1-5H3,(H,25,27)/p+1. The molecular weight excluding hydrogens is 364 g/mol. The average Bonchev–Trinajstić information content (AvgIpc) is 2.62. The molecule has 1 atom stereocenters. The van der Waals surface area contributed by atoms with Crippen molar-refractivity contribution >= 4 is 22.6 Å². The predicted octanol–water partition coefficient (Wildman–Crippen LogP) is 3.19. The van der Waals surface area contributed by atoms with Gasteiger partial charge in [0.05, 0.1) is 7.05 Å². The lowest BCUT2D eigenvalue weighted by molar-refractivity contribution is -0.885. The second kappa shape index (κ2) is 8.62. The first-order chi connectivity index (χ1) is 13.7. The van der Waals surface area contributed by atoms with Crippen LogP contribution >= 0.6 is 0 Å². The molecule has 29 heavy (non-hydrogen) atoms. The summed E-state index contributed by atoms with van der Waals surface area (Å²) in [4.78, 5) is 25.4. The molecule has 0 aliphatic heterocycles. The Morgan fingerprint density at radius 2 is 1.79 bits per heavy atom. The quantitative estimate of drug-likeness (QED) is 0.632. The van der Waals surface area contributed by atoms with E-state index < -0.39 is 0 Å². The summed E-state index contributed by atoms with van der Waals surface area (Å²) in [6, 6.07) is 13.3. The highest BCUT2D eigenvalue weighted by Crippen LogP contribution is 2.26. The maximum Gasteiger partial charge on any atom is 0.336 e. The maximum absolute atomic E-state index is 12.4. The third-order valence-corrected chi connectivity index (χ3v) is 5.13. The summed E-state index contributed by atoms with van der Waals surface area (Å²) in [5, 5.41) is 3.87. The molecule has 2 N–H and O–H groups in total. The Morgan fingerprint density at radius 1 is 1.10 bits per heavy atom. The van der Waals surface area contributed by atoms with Gasteiger partial charge in [0.1, 0.15) is 12.1 Å². The SMILES string of the molecule is Cc1ccc(NC(=O)C[NH+](C)Cc2cc(=O)oc3cc(C)c(C(C)C)cc23)cc1. The monoisotopic (exact) mass is 393 g/mol. The number of likely N-dealkylation sites (N-methyl/N-ethyl adjacent to an activating group) is 1. The molecule has 2 aromatic carbocycles. The topological polar surface area (TPSA) is 63.8 Å². The van der Waals surface area contributed by atoms with Crippen LogP contribution in [0.4, 0.5) is 5.69 Å². The number of nitrogens with one attached hydrogen (secondary N) is 2. The van der Waals surface area contributed by atoms with Gasteiger partial charge in [-0.15, -0.1) is 0 Å². The number of aryl methyl sites for hydroxylation is 2. The van der Waals surface area contributed by atoms with Gasteiger partial charge in [0.25, 0.3) is 5.91 Å². The number of hydrogen-bond donors (Lipinski definition) is 2. The van der Waals surface area contributed by atoms with Crippen LogP contribution in [0.3, 0.4) is 0 Å². The lowest BCUT2D eigenvalue weighted by Crippen LogP contribution is -3.08. The van der Waals surface area contributed by atoms with Crippen LogP contribution in [0.25, 0.3) is 11.0 Å². The molecule has 0 bridgehead atoms. The predicted molar refractivity (Wildman–Crippen MR) is 117 cm³/mol. The summed E-state index contributed by atoms with van der Waals surface area (Å²) in [5.74, 6) is 0.321. The van der Waals surface area contributed by atoms with Crippen molar-refractivity contribution in [1.29, 1.82) is 0 Å². The fourth-order valence-corrected chi connectivity index (χ4v) is 3.66. The summed E-state index contributed by atoms with van der Waals surface area (Å²) < 4.78 is 5.43. The van der Waals surface area contributed by atoms with Crippen molar-refractivity contribution in [2.75, 3.05) is 18.9 Å². The van der Waals surface area contributed by atoms with E-state index >= 15 is 0 Å². The van der Waals surface area contributed by atoms with E-state index in [-0.39, 0.29) is 11.5 Å². The zero-order valence-corrected chi connectivity index (χ0v) is 17.8. The van der Waals surface area contributed by atoms with Crippen molar-refractivity contribution in [3.63, 3.8) is 0 Å². The second-order valence-corrected chi connectivity index (χ2v) is 8.18. The highest BCUT2D eigenvalue weighted by molar-refractivity contribution is 5.91. The van der Waals surface area contributed by atoms with Gasteiger partial charge in [-0.25, -0.2) is 4.79 Å². The van der Waals surface area contributed by atoms with Crippen LogP contribution in [0.2, 0.25) is 0 Å². The largest absolute Gasteiger partial charge is 0.423 e. The molecular formula is C24H29N2O3+. The van der Waals surface area contributed by atoms with Crippen molar-refractivity contribution < 1.29 is 14.1 Å². The molecule has 5 nitrogen and oxygen atoms in total. The fourth-order valence-electron chi connectivity index (χ4n) is 3.66. The first-order valence-electron chi connectivity index (χ1n) is 9.98. The number of anilines is 1. The number of rotatable bonds is 6. The third kappa shape index (κ3) is 5.12. The summed E-state index contributed by atoms with van der Waals surface area (Å²) in [5.41, 5.74) is 5.44. The van der Waals surface area contributed by atoms with E-state index in [9.17, 15) is 9.59 Å².